The van der Waals surface area contributed by atoms with Crippen molar-refractivity contribution in [2.45, 2.75) is 19.8 Å². The van der Waals surface area contributed by atoms with Gasteiger partial charge in [0.2, 0.25) is 11.8 Å². The van der Waals surface area contributed by atoms with E-state index in [1.807, 2.05) is 22.9 Å². The Hall–Kier alpha value is -3.37. The highest BCUT2D eigenvalue weighted by atomic mass is 79.9. The van der Waals surface area contributed by atoms with Crippen LogP contribution in [0.2, 0.25) is 0 Å². The molecule has 32 heavy (non-hydrogen) atoms. The van der Waals surface area contributed by atoms with Crippen LogP contribution in [0.4, 0.5) is 5.13 Å². The van der Waals surface area contributed by atoms with E-state index in [2.05, 4.69) is 31.2 Å². The van der Waals surface area contributed by atoms with E-state index in [9.17, 15) is 9.59 Å². The Bertz CT molecular complexity index is 1380. The van der Waals surface area contributed by atoms with Gasteiger partial charge in [0.05, 0.1) is 27.6 Å². The quantitative estimate of drug-likeness (QED) is 0.432. The van der Waals surface area contributed by atoms with Gasteiger partial charge < -0.3 is 11.1 Å². The molecule has 0 radical (unpaired) electrons. The van der Waals surface area contributed by atoms with Gasteiger partial charge in [-0.3, -0.25) is 14.6 Å². The summed E-state index contributed by atoms with van der Waals surface area (Å²) < 4.78 is 2.55. The third-order valence-electron chi connectivity index (χ3n) is 5.19. The Morgan fingerprint density at radius 2 is 2.09 bits per heavy atom. The summed E-state index contributed by atoms with van der Waals surface area (Å²) in [4.78, 5) is 33.0. The lowest BCUT2D eigenvalue weighted by Gasteiger charge is -2.15. The van der Waals surface area contributed by atoms with E-state index in [-0.39, 0.29) is 5.91 Å². The topological polar surface area (TPSA) is 116 Å². The molecule has 3 N–H and O–H groups in total. The monoisotopic (exact) mass is 508 g/mol. The summed E-state index contributed by atoms with van der Waals surface area (Å²) in [5.74, 6) is -0.661. The fourth-order valence-corrected chi connectivity index (χ4v) is 5.48. The number of primary amides is 1. The van der Waals surface area contributed by atoms with Crippen LogP contribution in [0.25, 0.3) is 27.5 Å². The second-order valence-corrected chi connectivity index (χ2v) is 9.19. The number of halogens is 1. The SMILES string of the molecule is CC(=O)Nc1nc2c(s1)-c1c(c(-c3cccnc3)nn1-c1ccc(C(N)=O)cc1Br)CC2. The minimum absolute atomic E-state index is 0.161. The van der Waals surface area contributed by atoms with Crippen LogP contribution in [0.5, 0.6) is 0 Å². The molecule has 0 unspecified atom stereocenters. The number of hydrogen-bond acceptors (Lipinski definition) is 6. The molecule has 0 fully saturated rings. The molecule has 0 bridgehead atoms. The first kappa shape index (κ1) is 20.5. The molecule has 0 saturated heterocycles. The lowest BCUT2D eigenvalue weighted by Crippen LogP contribution is -2.11. The van der Waals surface area contributed by atoms with Crippen molar-refractivity contribution >= 4 is 44.2 Å². The van der Waals surface area contributed by atoms with E-state index < -0.39 is 5.91 Å². The smallest absolute Gasteiger partial charge is 0.248 e. The van der Waals surface area contributed by atoms with Crippen LogP contribution in [0.15, 0.2) is 47.2 Å². The van der Waals surface area contributed by atoms with Crippen molar-refractivity contribution < 1.29 is 9.59 Å². The first-order valence-electron chi connectivity index (χ1n) is 9.82. The van der Waals surface area contributed by atoms with Gasteiger partial charge in [-0.25, -0.2) is 9.67 Å². The van der Waals surface area contributed by atoms with Crippen LogP contribution in [0.3, 0.4) is 0 Å². The number of rotatable bonds is 4. The van der Waals surface area contributed by atoms with Crippen molar-refractivity contribution in [3.8, 4) is 27.5 Å². The number of pyridine rings is 1. The highest BCUT2D eigenvalue weighted by molar-refractivity contribution is 9.10. The van der Waals surface area contributed by atoms with Gasteiger partial charge in [-0.1, -0.05) is 11.3 Å². The maximum Gasteiger partial charge on any atom is 0.248 e. The van der Waals surface area contributed by atoms with Crippen molar-refractivity contribution in [3.63, 3.8) is 0 Å². The summed E-state index contributed by atoms with van der Waals surface area (Å²) in [7, 11) is 0. The Morgan fingerprint density at radius 1 is 1.25 bits per heavy atom. The number of benzene rings is 1. The predicted molar refractivity (Wildman–Crippen MR) is 126 cm³/mol. The lowest BCUT2D eigenvalue weighted by atomic mass is 9.95. The molecule has 2 amide bonds. The number of aromatic nitrogens is 4. The number of hydrogen-bond donors (Lipinski definition) is 2. The number of carbonyl (C=O) groups is 2. The third kappa shape index (κ3) is 3.51. The van der Waals surface area contributed by atoms with E-state index in [1.165, 1.54) is 18.3 Å². The number of amides is 2. The Morgan fingerprint density at radius 3 is 2.78 bits per heavy atom. The molecule has 0 aliphatic heterocycles. The minimum atomic E-state index is -0.500. The zero-order chi connectivity index (χ0) is 22.4. The third-order valence-corrected chi connectivity index (χ3v) is 6.84. The van der Waals surface area contributed by atoms with Crippen molar-refractivity contribution in [2.75, 3.05) is 5.32 Å². The molecule has 0 spiro atoms. The summed E-state index contributed by atoms with van der Waals surface area (Å²) in [5.41, 5.74) is 11.3. The molecule has 10 heteroatoms. The normalized spacial score (nSPS) is 12.2. The van der Waals surface area contributed by atoms with E-state index >= 15 is 0 Å². The number of nitrogens with two attached hydrogens (primary N) is 1. The highest BCUT2D eigenvalue weighted by Gasteiger charge is 2.30. The predicted octanol–water partition coefficient (Wildman–Crippen LogP) is 3.98. The summed E-state index contributed by atoms with van der Waals surface area (Å²) in [5, 5.41) is 8.31. The summed E-state index contributed by atoms with van der Waals surface area (Å²) >= 11 is 5.00. The Kier molecular flexibility index (Phi) is 5.10. The van der Waals surface area contributed by atoms with Gasteiger partial charge in [0.25, 0.3) is 0 Å². The first-order valence-corrected chi connectivity index (χ1v) is 11.4. The second kappa shape index (κ2) is 7.95. The van der Waals surface area contributed by atoms with Gasteiger partial charge in [-0.2, -0.15) is 5.10 Å². The van der Waals surface area contributed by atoms with Crippen LogP contribution in [-0.4, -0.2) is 31.6 Å². The maximum atomic E-state index is 11.6. The highest BCUT2D eigenvalue weighted by Crippen LogP contribution is 2.44. The number of nitrogens with one attached hydrogen (secondary N) is 1. The number of carbonyl (C=O) groups excluding carboxylic acids is 2. The molecule has 1 aliphatic rings. The molecule has 3 aromatic heterocycles. The summed E-state index contributed by atoms with van der Waals surface area (Å²) in [6.07, 6.45) is 5.03. The fraction of sp³-hybridized carbons (Fsp3) is 0.136. The average Bonchev–Trinajstić information content (AvgIpc) is 3.34. The molecular weight excluding hydrogens is 492 g/mol. The van der Waals surface area contributed by atoms with Crippen LogP contribution in [0.1, 0.15) is 28.5 Å². The molecule has 8 nitrogen and oxygen atoms in total. The number of aryl methyl sites for hydroxylation is 1. The van der Waals surface area contributed by atoms with E-state index in [0.717, 1.165) is 51.6 Å². The molecule has 3 heterocycles. The van der Waals surface area contributed by atoms with Crippen molar-refractivity contribution in [1.29, 1.82) is 0 Å². The molecular formula is C22H17BrN6O2S. The Balaban J connectivity index is 1.75. The minimum Gasteiger partial charge on any atom is -0.366 e. The van der Waals surface area contributed by atoms with Gasteiger partial charge in [-0.15, -0.1) is 0 Å². The molecule has 5 rings (SSSR count). The standard InChI is InChI=1S/C22H17BrN6O2S/c1-11(30)26-22-27-16-6-5-14-18(13-3-2-8-25-10-13)28-29(19(14)20(16)32-22)17-7-4-12(21(24)31)9-15(17)23/h2-4,7-10H,5-6H2,1H3,(H2,24,31)(H,26,27,30). The van der Waals surface area contributed by atoms with Crippen molar-refractivity contribution in [2.24, 2.45) is 5.73 Å². The van der Waals surface area contributed by atoms with Gasteiger partial charge in [0, 0.05) is 40.5 Å². The average molecular weight is 509 g/mol. The van der Waals surface area contributed by atoms with E-state index in [1.54, 1.807) is 24.5 Å². The second-order valence-electron chi connectivity index (χ2n) is 7.34. The summed E-state index contributed by atoms with van der Waals surface area (Å²) in [6.45, 7) is 1.47. The number of nitrogens with zero attached hydrogens (tertiary/aromatic N) is 4. The molecule has 1 aliphatic carbocycles. The molecule has 160 valence electrons. The number of anilines is 1. The molecule has 0 atom stereocenters. The largest absolute Gasteiger partial charge is 0.366 e. The van der Waals surface area contributed by atoms with E-state index in [4.69, 9.17) is 10.8 Å². The van der Waals surface area contributed by atoms with E-state index in [0.29, 0.717) is 15.2 Å². The number of thiazole rings is 1. The van der Waals surface area contributed by atoms with Crippen LogP contribution in [-0.2, 0) is 17.6 Å². The molecule has 0 saturated carbocycles. The van der Waals surface area contributed by atoms with Crippen LogP contribution >= 0.6 is 27.3 Å². The lowest BCUT2D eigenvalue weighted by molar-refractivity contribution is -0.114. The van der Waals surface area contributed by atoms with Gasteiger partial charge in [-0.05, 0) is 59.1 Å². The number of fused-ring (bicyclic) bond motifs is 3. The zero-order valence-electron chi connectivity index (χ0n) is 16.9. The van der Waals surface area contributed by atoms with Gasteiger partial charge in [0.1, 0.15) is 0 Å². The first-order chi connectivity index (χ1) is 15.4. The molecule has 4 aromatic rings. The van der Waals surface area contributed by atoms with Crippen molar-refractivity contribution in [1.82, 2.24) is 19.7 Å². The fourth-order valence-electron chi connectivity index (χ4n) is 3.82. The van der Waals surface area contributed by atoms with Gasteiger partial charge >= 0.3 is 0 Å². The summed E-state index contributed by atoms with van der Waals surface area (Å²) in [6, 6.07) is 9.05. The maximum absolute atomic E-state index is 11.6. The zero-order valence-corrected chi connectivity index (χ0v) is 19.3. The molecule has 1 aromatic carbocycles. The van der Waals surface area contributed by atoms with Gasteiger partial charge in [0.15, 0.2) is 5.13 Å². The Labute approximate surface area is 195 Å². The van der Waals surface area contributed by atoms with Crippen LogP contribution < -0.4 is 11.1 Å². The van der Waals surface area contributed by atoms with Crippen LogP contribution in [0, 0.1) is 0 Å². The van der Waals surface area contributed by atoms with Crippen molar-refractivity contribution in [3.05, 3.63) is 64.0 Å².